The molecule has 0 aliphatic rings. The molecule has 3 N–H and O–H groups in total. The first-order valence-corrected chi connectivity index (χ1v) is 6.86. The van der Waals surface area contributed by atoms with Gasteiger partial charge in [-0.1, -0.05) is 46.3 Å². The normalized spacial score (nSPS) is 12.3. The SMILES string of the molecule is C[C@H](NCc1cccc(O)c1O)c1ccccc1Br. The first-order valence-electron chi connectivity index (χ1n) is 6.07. The van der Waals surface area contributed by atoms with Gasteiger partial charge in [0.2, 0.25) is 0 Å². The summed E-state index contributed by atoms with van der Waals surface area (Å²) in [6.07, 6.45) is 0. The van der Waals surface area contributed by atoms with E-state index in [1.807, 2.05) is 24.3 Å². The predicted octanol–water partition coefficient (Wildman–Crippen LogP) is 3.71. The molecule has 0 saturated heterocycles. The molecule has 0 radical (unpaired) electrons. The van der Waals surface area contributed by atoms with Crippen LogP contribution in [0.3, 0.4) is 0 Å². The highest BCUT2D eigenvalue weighted by atomic mass is 79.9. The van der Waals surface area contributed by atoms with Crippen LogP contribution >= 0.6 is 15.9 Å². The van der Waals surface area contributed by atoms with E-state index in [2.05, 4.69) is 28.2 Å². The number of hydrogen-bond donors (Lipinski definition) is 3. The van der Waals surface area contributed by atoms with Gasteiger partial charge in [0.15, 0.2) is 11.5 Å². The third kappa shape index (κ3) is 3.28. The molecule has 2 aromatic carbocycles. The minimum atomic E-state index is -0.0900. The average Bonchev–Trinajstić information content (AvgIpc) is 2.40. The lowest BCUT2D eigenvalue weighted by molar-refractivity contribution is 0.396. The number of para-hydroxylation sites is 1. The van der Waals surface area contributed by atoms with Crippen molar-refractivity contribution in [3.05, 3.63) is 58.1 Å². The molecular formula is C15H16BrNO2. The molecule has 0 spiro atoms. The highest BCUT2D eigenvalue weighted by Crippen LogP contribution is 2.29. The summed E-state index contributed by atoms with van der Waals surface area (Å²) in [6.45, 7) is 2.54. The highest BCUT2D eigenvalue weighted by molar-refractivity contribution is 9.10. The number of benzene rings is 2. The Hall–Kier alpha value is -1.52. The number of halogens is 1. The molecule has 2 aromatic rings. The van der Waals surface area contributed by atoms with Gasteiger partial charge in [0, 0.05) is 22.6 Å². The first-order chi connectivity index (χ1) is 9.09. The molecule has 0 unspecified atom stereocenters. The van der Waals surface area contributed by atoms with Crippen molar-refractivity contribution in [3.8, 4) is 11.5 Å². The molecule has 0 aromatic heterocycles. The molecule has 0 bridgehead atoms. The first kappa shape index (κ1) is 13.9. The fourth-order valence-corrected chi connectivity index (χ4v) is 2.55. The van der Waals surface area contributed by atoms with Gasteiger partial charge in [-0.05, 0) is 24.6 Å². The Morgan fingerprint density at radius 3 is 2.58 bits per heavy atom. The molecule has 100 valence electrons. The fraction of sp³-hybridized carbons (Fsp3) is 0.200. The van der Waals surface area contributed by atoms with Crippen LogP contribution in [0.5, 0.6) is 11.5 Å². The van der Waals surface area contributed by atoms with Crippen molar-refractivity contribution in [1.29, 1.82) is 0 Å². The van der Waals surface area contributed by atoms with Crippen LogP contribution in [0.1, 0.15) is 24.1 Å². The van der Waals surface area contributed by atoms with Crippen LogP contribution in [0.2, 0.25) is 0 Å². The predicted molar refractivity (Wildman–Crippen MR) is 79.2 cm³/mol. The Balaban J connectivity index is 2.07. The lowest BCUT2D eigenvalue weighted by Gasteiger charge is -2.16. The average molecular weight is 322 g/mol. The molecule has 1 atom stereocenters. The second-order valence-corrected chi connectivity index (χ2v) is 5.26. The van der Waals surface area contributed by atoms with Crippen molar-refractivity contribution in [3.63, 3.8) is 0 Å². The zero-order chi connectivity index (χ0) is 13.8. The summed E-state index contributed by atoms with van der Waals surface area (Å²) in [7, 11) is 0. The van der Waals surface area contributed by atoms with Crippen molar-refractivity contribution in [2.24, 2.45) is 0 Å². The highest BCUT2D eigenvalue weighted by Gasteiger charge is 2.10. The van der Waals surface area contributed by atoms with Gasteiger partial charge in [0.1, 0.15) is 0 Å². The molecule has 0 heterocycles. The second-order valence-electron chi connectivity index (χ2n) is 4.41. The molecule has 0 aliphatic carbocycles. The summed E-state index contributed by atoms with van der Waals surface area (Å²) in [4.78, 5) is 0. The van der Waals surface area contributed by atoms with Gasteiger partial charge in [-0.25, -0.2) is 0 Å². The maximum atomic E-state index is 9.74. The monoisotopic (exact) mass is 321 g/mol. The zero-order valence-corrected chi connectivity index (χ0v) is 12.2. The third-order valence-corrected chi connectivity index (χ3v) is 3.79. The Labute approximate surface area is 121 Å². The topological polar surface area (TPSA) is 52.5 Å². The van der Waals surface area contributed by atoms with Crippen LogP contribution < -0.4 is 5.32 Å². The maximum absolute atomic E-state index is 9.74. The summed E-state index contributed by atoms with van der Waals surface area (Å²) < 4.78 is 1.05. The quantitative estimate of drug-likeness (QED) is 0.752. The van der Waals surface area contributed by atoms with Crippen LogP contribution in [0.4, 0.5) is 0 Å². The van der Waals surface area contributed by atoms with Crippen LogP contribution in [0.15, 0.2) is 46.9 Å². The number of hydrogen-bond acceptors (Lipinski definition) is 3. The number of phenols is 2. The van der Waals surface area contributed by atoms with Crippen molar-refractivity contribution < 1.29 is 10.2 Å². The van der Waals surface area contributed by atoms with Gasteiger partial charge in [-0.3, -0.25) is 0 Å². The molecule has 19 heavy (non-hydrogen) atoms. The Bertz CT molecular complexity index is 572. The zero-order valence-electron chi connectivity index (χ0n) is 10.6. The number of aromatic hydroxyl groups is 2. The smallest absolute Gasteiger partial charge is 0.161 e. The molecular weight excluding hydrogens is 306 g/mol. The van der Waals surface area contributed by atoms with Crippen LogP contribution in [0, 0.1) is 0 Å². The standard InChI is InChI=1S/C15H16BrNO2/c1-10(12-6-2-3-7-13(12)16)17-9-11-5-4-8-14(18)15(11)19/h2-8,10,17-19H,9H2,1H3/t10-/m0/s1. The van der Waals surface area contributed by atoms with Crippen LogP contribution in [-0.4, -0.2) is 10.2 Å². The Morgan fingerprint density at radius 2 is 1.84 bits per heavy atom. The largest absolute Gasteiger partial charge is 0.504 e. The van der Waals surface area contributed by atoms with E-state index in [9.17, 15) is 10.2 Å². The van der Waals surface area contributed by atoms with Crippen LogP contribution in [-0.2, 0) is 6.54 Å². The van der Waals surface area contributed by atoms with Gasteiger partial charge in [0.05, 0.1) is 0 Å². The molecule has 0 aliphatic heterocycles. The molecule has 0 saturated carbocycles. The summed E-state index contributed by atoms with van der Waals surface area (Å²) in [5, 5.41) is 22.5. The fourth-order valence-electron chi connectivity index (χ4n) is 1.92. The van der Waals surface area contributed by atoms with E-state index in [-0.39, 0.29) is 17.5 Å². The Morgan fingerprint density at radius 1 is 1.11 bits per heavy atom. The molecule has 3 nitrogen and oxygen atoms in total. The van der Waals surface area contributed by atoms with Crippen LogP contribution in [0.25, 0.3) is 0 Å². The van der Waals surface area contributed by atoms with Crippen molar-refractivity contribution in [2.75, 3.05) is 0 Å². The lowest BCUT2D eigenvalue weighted by atomic mass is 10.1. The van der Waals surface area contributed by atoms with E-state index in [1.54, 1.807) is 12.1 Å². The molecule has 0 fully saturated rings. The van der Waals surface area contributed by atoms with E-state index in [4.69, 9.17) is 0 Å². The van der Waals surface area contributed by atoms with E-state index < -0.39 is 0 Å². The van der Waals surface area contributed by atoms with E-state index in [0.29, 0.717) is 12.1 Å². The molecule has 2 rings (SSSR count). The van der Waals surface area contributed by atoms with Gasteiger partial charge in [0.25, 0.3) is 0 Å². The van der Waals surface area contributed by atoms with Gasteiger partial charge >= 0.3 is 0 Å². The molecule has 4 heteroatoms. The van der Waals surface area contributed by atoms with Gasteiger partial charge in [-0.15, -0.1) is 0 Å². The van der Waals surface area contributed by atoms with Gasteiger partial charge < -0.3 is 15.5 Å². The number of phenolic OH excluding ortho intramolecular Hbond substituents is 2. The van der Waals surface area contributed by atoms with Crippen molar-refractivity contribution in [2.45, 2.75) is 19.5 Å². The van der Waals surface area contributed by atoms with Crippen molar-refractivity contribution >= 4 is 15.9 Å². The maximum Gasteiger partial charge on any atom is 0.161 e. The lowest BCUT2D eigenvalue weighted by Crippen LogP contribution is -2.18. The summed E-state index contributed by atoms with van der Waals surface area (Å²) >= 11 is 3.52. The molecule has 0 amide bonds. The number of rotatable bonds is 4. The Kier molecular flexibility index (Phi) is 4.45. The summed E-state index contributed by atoms with van der Waals surface area (Å²) in [5.41, 5.74) is 1.83. The second kappa shape index (κ2) is 6.08. The summed E-state index contributed by atoms with van der Waals surface area (Å²) in [5.74, 6) is -0.151. The minimum Gasteiger partial charge on any atom is -0.504 e. The third-order valence-electron chi connectivity index (χ3n) is 3.07. The van der Waals surface area contributed by atoms with E-state index >= 15 is 0 Å². The van der Waals surface area contributed by atoms with Gasteiger partial charge in [-0.2, -0.15) is 0 Å². The van der Waals surface area contributed by atoms with E-state index in [0.717, 1.165) is 10.0 Å². The minimum absolute atomic E-state index is 0.0608. The number of nitrogens with one attached hydrogen (secondary N) is 1. The summed E-state index contributed by atoms with van der Waals surface area (Å²) in [6, 6.07) is 13.1. The van der Waals surface area contributed by atoms with Crippen molar-refractivity contribution in [1.82, 2.24) is 5.32 Å². The van der Waals surface area contributed by atoms with E-state index in [1.165, 1.54) is 6.07 Å².